The van der Waals surface area contributed by atoms with Crippen molar-refractivity contribution < 1.29 is 0 Å². The molecule has 0 aliphatic rings. The molecule has 0 radical (unpaired) electrons. The summed E-state index contributed by atoms with van der Waals surface area (Å²) < 4.78 is 1.34. The number of hydrogen-bond acceptors (Lipinski definition) is 3. The van der Waals surface area contributed by atoms with Gasteiger partial charge in [-0.2, -0.15) is 5.26 Å². The first-order valence-electron chi connectivity index (χ1n) is 5.78. The van der Waals surface area contributed by atoms with Gasteiger partial charge in [0.05, 0.1) is 16.6 Å². The van der Waals surface area contributed by atoms with Crippen molar-refractivity contribution in [1.82, 2.24) is 9.55 Å². The number of hydrogen-bond donors (Lipinski definition) is 0. The average Bonchev–Trinajstić information content (AvgIpc) is 2.48. The van der Waals surface area contributed by atoms with E-state index in [1.807, 2.05) is 24.3 Å². The van der Waals surface area contributed by atoms with E-state index < -0.39 is 0 Å². The van der Waals surface area contributed by atoms with E-state index >= 15 is 0 Å². The monoisotopic (exact) mass is 247 g/mol. The summed E-state index contributed by atoms with van der Waals surface area (Å²) in [5.74, 6) is 0.0925. The number of benzene rings is 2. The average molecular weight is 247 g/mol. The fraction of sp³-hybridized carbons (Fsp3) is 0. The van der Waals surface area contributed by atoms with Gasteiger partial charge in [0, 0.05) is 0 Å². The Balaban J connectivity index is 2.45. The number of nitrogens with zero attached hydrogens (tertiary/aromatic N) is 3. The summed E-state index contributed by atoms with van der Waals surface area (Å²) in [6.45, 7) is 0. The molecule has 3 rings (SSSR count). The lowest BCUT2D eigenvalue weighted by molar-refractivity contribution is 0.933. The van der Waals surface area contributed by atoms with Gasteiger partial charge in [-0.3, -0.25) is 9.36 Å². The highest BCUT2D eigenvalue weighted by molar-refractivity contribution is 5.78. The van der Waals surface area contributed by atoms with Gasteiger partial charge in [0.15, 0.2) is 0 Å². The Morgan fingerprint density at radius 3 is 2.42 bits per heavy atom. The number of para-hydroxylation sites is 2. The molecule has 0 bridgehead atoms. The maximum Gasteiger partial charge on any atom is 0.266 e. The van der Waals surface area contributed by atoms with Crippen LogP contribution in [0.1, 0.15) is 5.82 Å². The molecule has 0 saturated heterocycles. The Morgan fingerprint density at radius 2 is 1.68 bits per heavy atom. The van der Waals surface area contributed by atoms with Crippen molar-refractivity contribution in [2.75, 3.05) is 0 Å². The summed E-state index contributed by atoms with van der Waals surface area (Å²) in [4.78, 5) is 16.7. The van der Waals surface area contributed by atoms with Crippen LogP contribution in [0.25, 0.3) is 16.6 Å². The smallest absolute Gasteiger partial charge is 0.266 e. The largest absolute Gasteiger partial charge is 0.268 e. The van der Waals surface area contributed by atoms with E-state index in [9.17, 15) is 10.1 Å². The molecule has 0 saturated carbocycles. The first kappa shape index (κ1) is 11.2. The van der Waals surface area contributed by atoms with Crippen molar-refractivity contribution in [3.63, 3.8) is 0 Å². The Bertz CT molecular complexity index is 845. The molecular weight excluding hydrogens is 238 g/mol. The van der Waals surface area contributed by atoms with Gasteiger partial charge in [0.1, 0.15) is 6.07 Å². The zero-order chi connectivity index (χ0) is 13.2. The minimum absolute atomic E-state index is 0.0925. The van der Waals surface area contributed by atoms with Gasteiger partial charge in [0.25, 0.3) is 5.56 Å². The molecule has 0 fully saturated rings. The molecule has 0 unspecified atom stereocenters. The highest BCUT2D eigenvalue weighted by atomic mass is 16.1. The fourth-order valence-electron chi connectivity index (χ4n) is 2.02. The van der Waals surface area contributed by atoms with Gasteiger partial charge >= 0.3 is 0 Å². The van der Waals surface area contributed by atoms with Crippen LogP contribution in [-0.4, -0.2) is 9.55 Å². The lowest BCUT2D eigenvalue weighted by atomic mass is 10.2. The second-order valence-corrected chi connectivity index (χ2v) is 4.04. The first-order valence-corrected chi connectivity index (χ1v) is 5.78. The van der Waals surface area contributed by atoms with Crippen LogP contribution < -0.4 is 5.56 Å². The van der Waals surface area contributed by atoms with Gasteiger partial charge in [-0.1, -0.05) is 30.3 Å². The van der Waals surface area contributed by atoms with Crippen molar-refractivity contribution in [1.29, 1.82) is 5.26 Å². The van der Waals surface area contributed by atoms with Crippen molar-refractivity contribution in [3.8, 4) is 11.8 Å². The standard InChI is InChI=1S/C15H9N3O/c16-10-14-17-13-9-5-4-8-12(13)15(19)18(14)11-6-2-1-3-7-11/h1-9H. The summed E-state index contributed by atoms with van der Waals surface area (Å²) in [5, 5.41) is 9.70. The van der Waals surface area contributed by atoms with Crippen LogP contribution >= 0.6 is 0 Å². The van der Waals surface area contributed by atoms with E-state index in [4.69, 9.17) is 0 Å². The molecule has 0 amide bonds. The van der Waals surface area contributed by atoms with Crippen molar-refractivity contribution in [2.24, 2.45) is 0 Å². The first-order chi connectivity index (χ1) is 9.31. The molecule has 0 N–H and O–H groups in total. The van der Waals surface area contributed by atoms with Crippen molar-refractivity contribution >= 4 is 10.9 Å². The fourth-order valence-corrected chi connectivity index (χ4v) is 2.02. The second kappa shape index (κ2) is 4.39. The summed E-state index contributed by atoms with van der Waals surface area (Å²) in [6, 6.07) is 18.0. The molecule has 19 heavy (non-hydrogen) atoms. The predicted octanol–water partition coefficient (Wildman–Crippen LogP) is 2.26. The molecule has 1 aromatic heterocycles. The Hall–Kier alpha value is -2.93. The van der Waals surface area contributed by atoms with Gasteiger partial charge < -0.3 is 0 Å². The van der Waals surface area contributed by atoms with Crippen molar-refractivity contribution in [3.05, 3.63) is 70.8 Å². The summed E-state index contributed by atoms with van der Waals surface area (Å²) in [6.07, 6.45) is 0. The number of rotatable bonds is 1. The topological polar surface area (TPSA) is 58.7 Å². The molecule has 0 spiro atoms. The van der Waals surface area contributed by atoms with E-state index in [0.717, 1.165) is 0 Å². The normalized spacial score (nSPS) is 10.3. The van der Waals surface area contributed by atoms with Crippen LogP contribution in [0.5, 0.6) is 0 Å². The van der Waals surface area contributed by atoms with E-state index in [1.165, 1.54) is 4.57 Å². The number of aromatic nitrogens is 2. The Kier molecular flexibility index (Phi) is 2.58. The zero-order valence-electron chi connectivity index (χ0n) is 9.95. The maximum absolute atomic E-state index is 12.5. The highest BCUT2D eigenvalue weighted by Gasteiger charge is 2.11. The van der Waals surface area contributed by atoms with E-state index in [1.54, 1.807) is 36.4 Å². The quantitative estimate of drug-likeness (QED) is 0.662. The summed E-state index contributed by atoms with van der Waals surface area (Å²) in [5.41, 5.74) is 0.951. The zero-order valence-corrected chi connectivity index (χ0v) is 9.95. The Morgan fingerprint density at radius 1 is 1.00 bits per heavy atom. The third-order valence-electron chi connectivity index (χ3n) is 2.89. The van der Waals surface area contributed by atoms with E-state index in [2.05, 4.69) is 4.98 Å². The van der Waals surface area contributed by atoms with Crippen LogP contribution in [-0.2, 0) is 0 Å². The molecular formula is C15H9N3O. The van der Waals surface area contributed by atoms with Crippen LogP contribution in [0.4, 0.5) is 0 Å². The molecule has 4 heteroatoms. The van der Waals surface area contributed by atoms with Crippen molar-refractivity contribution in [2.45, 2.75) is 0 Å². The Labute approximate surface area is 109 Å². The van der Waals surface area contributed by atoms with Crippen LogP contribution in [0, 0.1) is 11.3 Å². The van der Waals surface area contributed by atoms with Crippen LogP contribution in [0.2, 0.25) is 0 Å². The van der Waals surface area contributed by atoms with Crippen LogP contribution in [0.15, 0.2) is 59.4 Å². The lowest BCUT2D eigenvalue weighted by Crippen LogP contribution is -2.22. The molecule has 90 valence electrons. The minimum atomic E-state index is -0.228. The summed E-state index contributed by atoms with van der Waals surface area (Å²) >= 11 is 0. The predicted molar refractivity (Wildman–Crippen MR) is 72.1 cm³/mol. The highest BCUT2D eigenvalue weighted by Crippen LogP contribution is 2.11. The molecule has 2 aromatic carbocycles. The molecule has 0 atom stereocenters. The number of fused-ring (bicyclic) bond motifs is 1. The van der Waals surface area contributed by atoms with Gasteiger partial charge in [-0.25, -0.2) is 4.98 Å². The third-order valence-corrected chi connectivity index (χ3v) is 2.89. The van der Waals surface area contributed by atoms with Gasteiger partial charge in [-0.15, -0.1) is 0 Å². The lowest BCUT2D eigenvalue weighted by Gasteiger charge is -2.08. The third kappa shape index (κ3) is 1.78. The molecule has 0 aliphatic carbocycles. The van der Waals surface area contributed by atoms with Crippen LogP contribution in [0.3, 0.4) is 0 Å². The summed E-state index contributed by atoms with van der Waals surface area (Å²) in [7, 11) is 0. The maximum atomic E-state index is 12.5. The second-order valence-electron chi connectivity index (χ2n) is 4.04. The molecule has 0 aliphatic heterocycles. The molecule has 4 nitrogen and oxygen atoms in total. The SMILES string of the molecule is N#Cc1nc2ccccc2c(=O)n1-c1ccccc1. The number of nitriles is 1. The molecule has 1 heterocycles. The minimum Gasteiger partial charge on any atom is -0.268 e. The van der Waals surface area contributed by atoms with Gasteiger partial charge in [0.2, 0.25) is 5.82 Å². The molecule has 3 aromatic rings. The van der Waals surface area contributed by atoms with E-state index in [0.29, 0.717) is 16.6 Å². The van der Waals surface area contributed by atoms with Gasteiger partial charge in [-0.05, 0) is 24.3 Å². The van der Waals surface area contributed by atoms with E-state index in [-0.39, 0.29) is 11.4 Å².